The molecule has 3 nitrogen and oxygen atoms in total. The van der Waals surface area contributed by atoms with E-state index in [0.717, 1.165) is 43.9 Å². The number of fused-ring (bicyclic) bond motifs is 16. The highest BCUT2D eigenvalue weighted by Gasteiger charge is 2.23. The number of aromatic nitrogens is 3. The van der Waals surface area contributed by atoms with E-state index in [-0.39, 0.29) is 0 Å². The standard InChI is InChI=1S/C52H29N3S2/c1-2-14-33-31(13-1)29-41(35-16-4-3-15-34(33)35)51-53-48(46-40-21-9-12-24-44(40)57-52(46)54-51)30-25-27-32(28-26-30)55-42-22-10-7-19-38(42)47-49(55)37-18-6-5-17-36(37)45-39-20-8-11-23-43(39)56-50(45)47/h1-29H. The molecule has 264 valence electrons. The minimum Gasteiger partial charge on any atom is -0.309 e. The van der Waals surface area contributed by atoms with E-state index >= 15 is 0 Å². The van der Waals surface area contributed by atoms with Gasteiger partial charge >= 0.3 is 0 Å². The highest BCUT2D eigenvalue weighted by Crippen LogP contribution is 2.48. The van der Waals surface area contributed by atoms with Crippen LogP contribution in [0.1, 0.15) is 0 Å². The van der Waals surface area contributed by atoms with Crippen LogP contribution in [0.15, 0.2) is 176 Å². The third-order valence-electron chi connectivity index (χ3n) is 11.8. The molecular formula is C52H29N3S2. The first kappa shape index (κ1) is 31.3. The molecule has 0 aliphatic rings. The number of thiophene rings is 2. The Balaban J connectivity index is 1.07. The third-order valence-corrected chi connectivity index (χ3v) is 14.0. The molecule has 4 heterocycles. The van der Waals surface area contributed by atoms with Gasteiger partial charge in [0.1, 0.15) is 4.83 Å². The van der Waals surface area contributed by atoms with Gasteiger partial charge in [-0.1, -0.05) is 140 Å². The van der Waals surface area contributed by atoms with Crippen LogP contribution in [-0.4, -0.2) is 14.5 Å². The lowest BCUT2D eigenvalue weighted by molar-refractivity contribution is 1.18. The Morgan fingerprint density at radius 3 is 1.81 bits per heavy atom. The summed E-state index contributed by atoms with van der Waals surface area (Å²) in [5, 5.41) is 14.9. The zero-order chi connectivity index (χ0) is 37.2. The average Bonchev–Trinajstić information content (AvgIpc) is 3.96. The van der Waals surface area contributed by atoms with Gasteiger partial charge in [0.25, 0.3) is 0 Å². The summed E-state index contributed by atoms with van der Waals surface area (Å²) in [5.74, 6) is 0.747. The first-order chi connectivity index (χ1) is 28.3. The molecule has 13 aromatic rings. The Hall–Kier alpha value is -6.92. The zero-order valence-corrected chi connectivity index (χ0v) is 32.0. The number of hydrogen-bond acceptors (Lipinski definition) is 4. The second-order valence-electron chi connectivity index (χ2n) is 14.8. The quantitative estimate of drug-likeness (QED) is 0.168. The number of benzene rings is 9. The fourth-order valence-corrected chi connectivity index (χ4v) is 11.7. The first-order valence-electron chi connectivity index (χ1n) is 19.2. The maximum absolute atomic E-state index is 5.50. The van der Waals surface area contributed by atoms with Gasteiger partial charge in [0.2, 0.25) is 0 Å². The Bertz CT molecular complexity index is 3810. The lowest BCUT2D eigenvalue weighted by Crippen LogP contribution is -1.97. The van der Waals surface area contributed by atoms with E-state index in [9.17, 15) is 0 Å². The van der Waals surface area contributed by atoms with Crippen LogP contribution < -0.4 is 0 Å². The van der Waals surface area contributed by atoms with Crippen LogP contribution >= 0.6 is 22.7 Å². The van der Waals surface area contributed by atoms with Crippen molar-refractivity contribution in [3.63, 3.8) is 0 Å². The molecule has 0 bridgehead atoms. The lowest BCUT2D eigenvalue weighted by atomic mass is 9.96. The van der Waals surface area contributed by atoms with Gasteiger partial charge < -0.3 is 4.57 Å². The SMILES string of the molecule is c1ccc2c(c1)cc(-c1nc(-c3ccc(-n4c5ccccc5c5c6sc7ccccc7c6c6ccccc6c54)cc3)c3c(n1)sc1ccccc13)c1ccccc12. The molecule has 4 aromatic heterocycles. The lowest BCUT2D eigenvalue weighted by Gasteiger charge is -2.13. The minimum absolute atomic E-state index is 0.747. The van der Waals surface area contributed by atoms with E-state index in [4.69, 9.17) is 9.97 Å². The topological polar surface area (TPSA) is 30.7 Å². The Morgan fingerprint density at radius 1 is 0.421 bits per heavy atom. The largest absolute Gasteiger partial charge is 0.309 e. The highest BCUT2D eigenvalue weighted by atomic mass is 32.1. The smallest absolute Gasteiger partial charge is 0.162 e. The molecule has 57 heavy (non-hydrogen) atoms. The molecule has 0 spiro atoms. The maximum atomic E-state index is 5.50. The second-order valence-corrected chi connectivity index (χ2v) is 16.9. The zero-order valence-electron chi connectivity index (χ0n) is 30.4. The molecule has 0 unspecified atom stereocenters. The molecule has 0 saturated heterocycles. The van der Waals surface area contributed by atoms with Crippen LogP contribution in [0.2, 0.25) is 0 Å². The molecule has 5 heteroatoms. The van der Waals surface area contributed by atoms with Crippen LogP contribution in [0.4, 0.5) is 0 Å². The van der Waals surface area contributed by atoms with E-state index < -0.39 is 0 Å². The van der Waals surface area contributed by atoms with Gasteiger partial charge in [-0.15, -0.1) is 22.7 Å². The maximum Gasteiger partial charge on any atom is 0.162 e. The second kappa shape index (κ2) is 11.8. The molecule has 0 aliphatic carbocycles. The van der Waals surface area contributed by atoms with Crippen molar-refractivity contribution in [1.29, 1.82) is 0 Å². The third kappa shape index (κ3) is 4.41. The number of rotatable bonds is 3. The summed E-state index contributed by atoms with van der Waals surface area (Å²) >= 11 is 3.65. The minimum atomic E-state index is 0.747. The summed E-state index contributed by atoms with van der Waals surface area (Å²) in [6, 6.07) is 63.9. The summed E-state index contributed by atoms with van der Waals surface area (Å²) in [7, 11) is 0. The molecule has 0 atom stereocenters. The number of para-hydroxylation sites is 1. The number of nitrogens with zero attached hydrogens (tertiary/aromatic N) is 3. The molecular weight excluding hydrogens is 731 g/mol. The molecule has 0 radical (unpaired) electrons. The molecule has 0 saturated carbocycles. The molecule has 0 aliphatic heterocycles. The van der Waals surface area contributed by atoms with E-state index in [1.165, 1.54) is 79.0 Å². The normalized spacial score (nSPS) is 12.2. The van der Waals surface area contributed by atoms with Crippen molar-refractivity contribution < 1.29 is 0 Å². The van der Waals surface area contributed by atoms with Crippen LogP contribution in [0.3, 0.4) is 0 Å². The Kier molecular flexibility index (Phi) is 6.48. The van der Waals surface area contributed by atoms with Gasteiger partial charge in [0, 0.05) is 68.6 Å². The average molecular weight is 760 g/mol. The summed E-state index contributed by atoms with van der Waals surface area (Å²) in [6.07, 6.45) is 0. The molecule has 13 rings (SSSR count). The summed E-state index contributed by atoms with van der Waals surface area (Å²) in [4.78, 5) is 11.8. The van der Waals surface area contributed by atoms with E-state index in [2.05, 4.69) is 180 Å². The molecule has 9 aromatic carbocycles. The summed E-state index contributed by atoms with van der Waals surface area (Å²) < 4.78 is 6.35. The Labute approximate surface area is 334 Å². The first-order valence-corrected chi connectivity index (χ1v) is 20.9. The van der Waals surface area contributed by atoms with Crippen molar-refractivity contribution in [3.05, 3.63) is 176 Å². The molecule has 0 fully saturated rings. The highest BCUT2D eigenvalue weighted by molar-refractivity contribution is 7.27. The Morgan fingerprint density at radius 2 is 1.02 bits per heavy atom. The van der Waals surface area contributed by atoms with Gasteiger partial charge in [-0.25, -0.2) is 9.97 Å². The van der Waals surface area contributed by atoms with E-state index in [0.29, 0.717) is 0 Å². The van der Waals surface area contributed by atoms with E-state index in [1.807, 2.05) is 11.3 Å². The summed E-state index contributed by atoms with van der Waals surface area (Å²) in [5.41, 5.74) is 6.64. The summed E-state index contributed by atoms with van der Waals surface area (Å²) in [6.45, 7) is 0. The van der Waals surface area contributed by atoms with E-state index in [1.54, 1.807) is 11.3 Å². The van der Waals surface area contributed by atoms with Gasteiger partial charge in [-0.2, -0.15) is 0 Å². The predicted molar refractivity (Wildman–Crippen MR) is 246 cm³/mol. The molecule has 0 amide bonds. The van der Waals surface area contributed by atoms with Crippen LogP contribution in [0.5, 0.6) is 0 Å². The van der Waals surface area contributed by atoms with Crippen LogP contribution in [0.25, 0.3) is 123 Å². The van der Waals surface area contributed by atoms with Crippen molar-refractivity contribution in [1.82, 2.24) is 14.5 Å². The van der Waals surface area contributed by atoms with Crippen LogP contribution in [0, 0.1) is 0 Å². The van der Waals surface area contributed by atoms with Gasteiger partial charge in [-0.3, -0.25) is 0 Å². The van der Waals surface area contributed by atoms with Crippen LogP contribution in [-0.2, 0) is 0 Å². The van der Waals surface area contributed by atoms with Crippen molar-refractivity contribution in [2.75, 3.05) is 0 Å². The fraction of sp³-hybridized carbons (Fsp3) is 0. The van der Waals surface area contributed by atoms with Gasteiger partial charge in [0.15, 0.2) is 5.82 Å². The fourth-order valence-electron chi connectivity index (χ4n) is 9.35. The monoisotopic (exact) mass is 759 g/mol. The van der Waals surface area contributed by atoms with Gasteiger partial charge in [-0.05, 0) is 63.3 Å². The van der Waals surface area contributed by atoms with Crippen molar-refractivity contribution in [2.24, 2.45) is 0 Å². The van der Waals surface area contributed by atoms with Crippen molar-refractivity contribution >= 4 is 117 Å². The predicted octanol–water partition coefficient (Wildman–Crippen LogP) is 15.1. The van der Waals surface area contributed by atoms with Crippen molar-refractivity contribution in [3.8, 4) is 28.3 Å². The number of hydrogen-bond donors (Lipinski definition) is 0. The van der Waals surface area contributed by atoms with Gasteiger partial charge in [0.05, 0.1) is 16.7 Å². The van der Waals surface area contributed by atoms with Crippen molar-refractivity contribution in [2.45, 2.75) is 0 Å². The molecule has 0 N–H and O–H groups in total.